The van der Waals surface area contributed by atoms with Crippen LogP contribution in [-0.4, -0.2) is 17.6 Å². The van der Waals surface area contributed by atoms with Gasteiger partial charge in [-0.25, -0.2) is 0 Å². The quantitative estimate of drug-likeness (QED) is 0.567. The maximum atomic E-state index is 10.8. The van der Waals surface area contributed by atoms with Gasteiger partial charge in [-0.3, -0.25) is 0 Å². The molecule has 1 heterocycles. The maximum Gasteiger partial charge on any atom is 0.753 e. The SMILES string of the molecule is NCCCCCC1(O)O[P+](=O)O[P+](=O)O1. The van der Waals surface area contributed by atoms with Crippen LogP contribution in [0.15, 0.2) is 0 Å². The summed E-state index contributed by atoms with van der Waals surface area (Å²) in [5.41, 5.74) is 5.29. The lowest BCUT2D eigenvalue weighted by Gasteiger charge is -2.14. The van der Waals surface area contributed by atoms with E-state index < -0.39 is 22.5 Å². The number of hydrogen-bond acceptors (Lipinski definition) is 7. The molecule has 1 saturated heterocycles. The molecular weight excluding hydrogens is 244 g/mol. The molecule has 0 bridgehead atoms. The molecular formula is C6H13NO6P2+2. The molecule has 2 unspecified atom stereocenters. The molecule has 2 atom stereocenters. The van der Waals surface area contributed by atoms with Crippen LogP contribution >= 0.6 is 16.5 Å². The van der Waals surface area contributed by atoms with Gasteiger partial charge in [-0.2, -0.15) is 0 Å². The molecule has 0 aromatic carbocycles. The maximum absolute atomic E-state index is 10.8. The van der Waals surface area contributed by atoms with Crippen LogP contribution in [0.5, 0.6) is 0 Å². The Hall–Kier alpha value is -0.0000000000000000486. The summed E-state index contributed by atoms with van der Waals surface area (Å²) < 4.78 is 34.9. The van der Waals surface area contributed by atoms with Crippen LogP contribution in [0.3, 0.4) is 0 Å². The van der Waals surface area contributed by atoms with Gasteiger partial charge in [-0.05, 0) is 28.4 Å². The highest BCUT2D eigenvalue weighted by atomic mass is 31.2. The zero-order valence-electron chi connectivity index (χ0n) is 8.00. The van der Waals surface area contributed by atoms with Gasteiger partial charge in [0.15, 0.2) is 4.31 Å². The van der Waals surface area contributed by atoms with Gasteiger partial charge in [-0.15, -0.1) is 0 Å². The van der Waals surface area contributed by atoms with Gasteiger partial charge < -0.3 is 10.8 Å². The van der Waals surface area contributed by atoms with Crippen LogP contribution in [0.4, 0.5) is 0 Å². The van der Waals surface area contributed by atoms with Crippen molar-refractivity contribution in [1.82, 2.24) is 0 Å². The van der Waals surface area contributed by atoms with Crippen LogP contribution in [0.1, 0.15) is 25.7 Å². The number of unbranched alkanes of at least 4 members (excludes halogenated alkanes) is 2. The normalized spacial score (nSPS) is 31.9. The monoisotopic (exact) mass is 257 g/mol. The first-order valence-electron chi connectivity index (χ1n) is 4.49. The summed E-state index contributed by atoms with van der Waals surface area (Å²) in [5, 5.41) is 9.59. The van der Waals surface area contributed by atoms with Gasteiger partial charge in [0.2, 0.25) is 0 Å². The number of rotatable bonds is 5. The van der Waals surface area contributed by atoms with E-state index in [4.69, 9.17) is 5.73 Å². The fourth-order valence-electron chi connectivity index (χ4n) is 1.10. The molecule has 0 aromatic heterocycles. The first kappa shape index (κ1) is 13.1. The van der Waals surface area contributed by atoms with Crippen LogP contribution in [0.25, 0.3) is 0 Å². The lowest BCUT2D eigenvalue weighted by atomic mass is 10.2. The van der Waals surface area contributed by atoms with E-state index >= 15 is 0 Å². The molecule has 7 nitrogen and oxygen atoms in total. The van der Waals surface area contributed by atoms with Crippen molar-refractivity contribution < 1.29 is 27.6 Å². The zero-order chi connectivity index (χ0) is 11.3. The number of hydrogen-bond donors (Lipinski definition) is 2. The van der Waals surface area contributed by atoms with Gasteiger partial charge in [-0.1, -0.05) is 6.42 Å². The van der Waals surface area contributed by atoms with E-state index in [1.165, 1.54) is 0 Å². The zero-order valence-corrected chi connectivity index (χ0v) is 9.78. The second-order valence-corrected chi connectivity index (χ2v) is 4.94. The summed E-state index contributed by atoms with van der Waals surface area (Å²) in [4.78, 5) is 0. The minimum Gasteiger partial charge on any atom is -0.337 e. The molecule has 9 heteroatoms. The summed E-state index contributed by atoms with van der Waals surface area (Å²) in [6.07, 6.45) is 2.24. The lowest BCUT2D eigenvalue weighted by Crippen LogP contribution is -2.33. The summed E-state index contributed by atoms with van der Waals surface area (Å²) in [6.45, 7) is 0.561. The smallest absolute Gasteiger partial charge is 0.337 e. The Morgan fingerprint density at radius 1 is 1.13 bits per heavy atom. The van der Waals surface area contributed by atoms with E-state index in [0.29, 0.717) is 13.0 Å². The van der Waals surface area contributed by atoms with Crippen molar-refractivity contribution in [2.45, 2.75) is 31.7 Å². The molecule has 1 aliphatic heterocycles. The van der Waals surface area contributed by atoms with Crippen molar-refractivity contribution in [3.63, 3.8) is 0 Å². The molecule has 0 radical (unpaired) electrons. The largest absolute Gasteiger partial charge is 0.753 e. The Labute approximate surface area is 88.8 Å². The predicted octanol–water partition coefficient (Wildman–Crippen LogP) is 1.53. The molecule has 0 spiro atoms. The molecule has 0 aromatic rings. The van der Waals surface area contributed by atoms with Crippen molar-refractivity contribution in [3.8, 4) is 0 Å². The third kappa shape index (κ3) is 4.57. The second-order valence-electron chi connectivity index (χ2n) is 3.02. The van der Waals surface area contributed by atoms with E-state index in [2.05, 4.69) is 13.4 Å². The first-order chi connectivity index (χ1) is 7.06. The van der Waals surface area contributed by atoms with Crippen molar-refractivity contribution >= 4 is 16.5 Å². The molecule has 3 N–H and O–H groups in total. The van der Waals surface area contributed by atoms with Crippen molar-refractivity contribution in [1.29, 1.82) is 0 Å². The standard InChI is InChI=1S/C6H13NO6P2/c7-5-3-1-2-4-6(8)11-14(9)13-15(10)12-6/h8H,1-5,7H2/q+2. The average molecular weight is 257 g/mol. The van der Waals surface area contributed by atoms with Gasteiger partial charge in [0.05, 0.1) is 0 Å². The Kier molecular flexibility index (Phi) is 5.15. The van der Waals surface area contributed by atoms with Gasteiger partial charge in [0.1, 0.15) is 0 Å². The minimum absolute atomic E-state index is 0.0819. The van der Waals surface area contributed by atoms with E-state index in [0.717, 1.165) is 12.8 Å². The third-order valence-electron chi connectivity index (χ3n) is 1.76. The van der Waals surface area contributed by atoms with Crippen LogP contribution in [0, 0.1) is 0 Å². The van der Waals surface area contributed by atoms with Crippen LogP contribution in [0.2, 0.25) is 0 Å². The summed E-state index contributed by atoms with van der Waals surface area (Å²) in [5.74, 6) is -2.06. The fraction of sp³-hybridized carbons (Fsp3) is 1.00. The van der Waals surface area contributed by atoms with E-state index in [1.807, 2.05) is 0 Å². The Balaban J connectivity index is 2.36. The lowest BCUT2D eigenvalue weighted by molar-refractivity contribution is -0.284. The molecule has 1 fully saturated rings. The summed E-state index contributed by atoms with van der Waals surface area (Å²) in [7, 11) is -5.15. The molecule has 15 heavy (non-hydrogen) atoms. The highest BCUT2D eigenvalue weighted by Gasteiger charge is 2.60. The van der Waals surface area contributed by atoms with Crippen molar-refractivity contribution in [2.75, 3.05) is 6.54 Å². The van der Waals surface area contributed by atoms with Crippen molar-refractivity contribution in [2.24, 2.45) is 5.73 Å². The molecule has 0 amide bonds. The van der Waals surface area contributed by atoms with Gasteiger partial charge in [0, 0.05) is 15.6 Å². The van der Waals surface area contributed by atoms with Gasteiger partial charge in [0.25, 0.3) is 0 Å². The highest BCUT2D eigenvalue weighted by molar-refractivity contribution is 7.48. The van der Waals surface area contributed by atoms with Crippen LogP contribution < -0.4 is 5.73 Å². The van der Waals surface area contributed by atoms with Gasteiger partial charge >= 0.3 is 22.5 Å². The Bertz CT molecular complexity index is 244. The Morgan fingerprint density at radius 3 is 2.27 bits per heavy atom. The molecule has 1 rings (SSSR count). The van der Waals surface area contributed by atoms with E-state index in [1.54, 1.807) is 0 Å². The topological polar surface area (TPSA) is 108 Å². The Morgan fingerprint density at radius 2 is 1.73 bits per heavy atom. The molecule has 86 valence electrons. The highest BCUT2D eigenvalue weighted by Crippen LogP contribution is 2.51. The number of aliphatic hydroxyl groups is 1. The predicted molar refractivity (Wildman–Crippen MR) is 50.9 cm³/mol. The third-order valence-corrected chi connectivity index (χ3v) is 3.70. The molecule has 1 aliphatic rings. The average Bonchev–Trinajstić information content (AvgIpc) is 2.10. The summed E-state index contributed by atoms with van der Waals surface area (Å²) in [6, 6.07) is 0. The molecule has 0 aliphatic carbocycles. The number of nitrogens with two attached hydrogens (primary N) is 1. The van der Waals surface area contributed by atoms with E-state index in [-0.39, 0.29) is 6.42 Å². The van der Waals surface area contributed by atoms with Crippen molar-refractivity contribution in [3.05, 3.63) is 0 Å². The fourth-order valence-corrected chi connectivity index (χ4v) is 2.58. The minimum atomic E-state index is -2.58. The first-order valence-corrected chi connectivity index (χ1v) is 6.68. The van der Waals surface area contributed by atoms with Crippen LogP contribution in [-0.2, 0) is 22.5 Å². The molecule has 0 saturated carbocycles. The second kappa shape index (κ2) is 5.92. The van der Waals surface area contributed by atoms with E-state index in [9.17, 15) is 14.2 Å². The summed E-state index contributed by atoms with van der Waals surface area (Å²) >= 11 is 0.